The van der Waals surface area contributed by atoms with Crippen LogP contribution in [-0.4, -0.2) is 15.0 Å². The fourth-order valence-corrected chi connectivity index (χ4v) is 2.48. The van der Waals surface area contributed by atoms with Crippen molar-refractivity contribution in [2.45, 2.75) is 10.1 Å². The van der Waals surface area contributed by atoms with Crippen molar-refractivity contribution in [2.75, 3.05) is 5.73 Å². The average Bonchev–Trinajstić information content (AvgIpc) is 2.86. The van der Waals surface area contributed by atoms with Crippen LogP contribution in [0.2, 0.25) is 0 Å². The molecule has 0 amide bonds. The first-order valence-corrected chi connectivity index (χ1v) is 5.95. The minimum atomic E-state index is 0.770. The summed E-state index contributed by atoms with van der Waals surface area (Å²) in [5.74, 6) is 0. The molecule has 1 aromatic carbocycles. The summed E-state index contributed by atoms with van der Waals surface area (Å²) in [4.78, 5) is 12.3. The first kappa shape index (κ1) is 10.2. The van der Waals surface area contributed by atoms with Crippen LogP contribution in [0.15, 0.2) is 53.0 Å². The molecule has 0 spiro atoms. The van der Waals surface area contributed by atoms with E-state index in [1.807, 2.05) is 24.4 Å². The number of imidazole rings is 1. The van der Waals surface area contributed by atoms with E-state index < -0.39 is 0 Å². The Bertz CT molecular complexity index is 649. The molecule has 17 heavy (non-hydrogen) atoms. The molecule has 0 bridgehead atoms. The van der Waals surface area contributed by atoms with Crippen LogP contribution < -0.4 is 5.73 Å². The Balaban J connectivity index is 2.09. The molecule has 0 aliphatic heterocycles. The summed E-state index contributed by atoms with van der Waals surface area (Å²) in [7, 11) is 0. The maximum atomic E-state index is 6.15. The topological polar surface area (TPSA) is 67.6 Å². The lowest BCUT2D eigenvalue weighted by Crippen LogP contribution is -1.91. The van der Waals surface area contributed by atoms with Gasteiger partial charge < -0.3 is 10.7 Å². The Kier molecular flexibility index (Phi) is 2.45. The lowest BCUT2D eigenvalue weighted by molar-refractivity contribution is 1.06. The molecule has 2 heterocycles. The summed E-state index contributed by atoms with van der Waals surface area (Å²) in [5, 5.41) is 2.91. The molecule has 0 fully saturated rings. The van der Waals surface area contributed by atoms with Crippen molar-refractivity contribution in [1.82, 2.24) is 15.0 Å². The van der Waals surface area contributed by atoms with Gasteiger partial charge in [-0.1, -0.05) is 6.07 Å². The van der Waals surface area contributed by atoms with Crippen molar-refractivity contribution in [1.29, 1.82) is 0 Å². The number of aromatic nitrogens is 3. The zero-order chi connectivity index (χ0) is 11.7. The Labute approximate surface area is 102 Å². The van der Waals surface area contributed by atoms with E-state index in [9.17, 15) is 0 Å². The predicted octanol–water partition coefficient (Wildman–Crippen LogP) is 2.69. The summed E-state index contributed by atoms with van der Waals surface area (Å²) in [6.45, 7) is 0. The standard InChI is InChI=1S/C12H10N4S/c13-11-9-3-4-14-7-8(9)1-2-10(11)17-12-15-5-6-16-12/h1-7H,13H2,(H,15,16). The van der Waals surface area contributed by atoms with E-state index in [0.29, 0.717) is 0 Å². The van der Waals surface area contributed by atoms with Crippen molar-refractivity contribution in [3.8, 4) is 0 Å². The second-order valence-electron chi connectivity index (χ2n) is 3.57. The van der Waals surface area contributed by atoms with Gasteiger partial charge in [0.2, 0.25) is 0 Å². The summed E-state index contributed by atoms with van der Waals surface area (Å²) in [6, 6.07) is 5.94. The number of hydrogen-bond donors (Lipinski definition) is 2. The molecule has 5 heteroatoms. The van der Waals surface area contributed by atoms with E-state index in [2.05, 4.69) is 15.0 Å². The third-order valence-corrected chi connectivity index (χ3v) is 3.49. The summed E-state index contributed by atoms with van der Waals surface area (Å²) >= 11 is 1.52. The molecular weight excluding hydrogens is 232 g/mol. The number of anilines is 1. The van der Waals surface area contributed by atoms with Gasteiger partial charge in [-0.05, 0) is 23.9 Å². The number of nitrogen functional groups attached to an aromatic ring is 1. The van der Waals surface area contributed by atoms with E-state index in [4.69, 9.17) is 5.73 Å². The molecule has 3 aromatic rings. The van der Waals surface area contributed by atoms with Crippen LogP contribution in [0.25, 0.3) is 10.8 Å². The highest BCUT2D eigenvalue weighted by atomic mass is 32.2. The third-order valence-electron chi connectivity index (χ3n) is 2.50. The fourth-order valence-electron chi connectivity index (χ4n) is 1.67. The molecule has 0 aliphatic carbocycles. The number of rotatable bonds is 2. The molecule has 0 atom stereocenters. The maximum absolute atomic E-state index is 6.15. The van der Waals surface area contributed by atoms with Crippen molar-refractivity contribution < 1.29 is 0 Å². The normalized spacial score (nSPS) is 10.8. The Hall–Kier alpha value is -2.01. The van der Waals surface area contributed by atoms with Gasteiger partial charge in [0.1, 0.15) is 0 Å². The first-order chi connectivity index (χ1) is 8.34. The first-order valence-electron chi connectivity index (χ1n) is 5.14. The molecule has 0 saturated heterocycles. The Morgan fingerprint density at radius 1 is 1.18 bits per heavy atom. The molecule has 2 aromatic heterocycles. The molecule has 3 N–H and O–H groups in total. The van der Waals surface area contributed by atoms with E-state index >= 15 is 0 Å². The fraction of sp³-hybridized carbons (Fsp3) is 0. The van der Waals surface area contributed by atoms with Gasteiger partial charge in [0.25, 0.3) is 0 Å². The molecule has 0 saturated carbocycles. The van der Waals surface area contributed by atoms with Crippen molar-refractivity contribution in [3.63, 3.8) is 0 Å². The van der Waals surface area contributed by atoms with Crippen LogP contribution in [0.1, 0.15) is 0 Å². The van der Waals surface area contributed by atoms with Gasteiger partial charge in [0, 0.05) is 40.5 Å². The highest BCUT2D eigenvalue weighted by Gasteiger charge is 2.07. The number of fused-ring (bicyclic) bond motifs is 1. The molecular formula is C12H10N4S. The molecule has 0 unspecified atom stereocenters. The third kappa shape index (κ3) is 1.85. The van der Waals surface area contributed by atoms with Gasteiger partial charge in [0.05, 0.1) is 5.69 Å². The number of nitrogens with zero attached hydrogens (tertiary/aromatic N) is 2. The summed E-state index contributed by atoms with van der Waals surface area (Å²) in [6.07, 6.45) is 7.08. The van der Waals surface area contributed by atoms with Crippen molar-refractivity contribution >= 4 is 28.2 Å². The van der Waals surface area contributed by atoms with Crippen LogP contribution in [-0.2, 0) is 0 Å². The number of pyridine rings is 1. The van der Waals surface area contributed by atoms with E-state index in [1.165, 1.54) is 11.8 Å². The van der Waals surface area contributed by atoms with Gasteiger partial charge in [-0.3, -0.25) is 4.98 Å². The van der Waals surface area contributed by atoms with Crippen LogP contribution >= 0.6 is 11.8 Å². The lowest BCUT2D eigenvalue weighted by atomic mass is 10.1. The molecule has 4 nitrogen and oxygen atoms in total. The smallest absolute Gasteiger partial charge is 0.170 e. The van der Waals surface area contributed by atoms with Gasteiger partial charge in [0.15, 0.2) is 5.16 Å². The predicted molar refractivity (Wildman–Crippen MR) is 68.9 cm³/mol. The van der Waals surface area contributed by atoms with Crippen LogP contribution in [0.4, 0.5) is 5.69 Å². The Morgan fingerprint density at radius 2 is 2.12 bits per heavy atom. The molecule has 3 rings (SSSR count). The highest BCUT2D eigenvalue weighted by molar-refractivity contribution is 7.99. The lowest BCUT2D eigenvalue weighted by Gasteiger charge is -2.06. The van der Waals surface area contributed by atoms with Crippen LogP contribution in [0, 0.1) is 0 Å². The summed E-state index contributed by atoms with van der Waals surface area (Å²) in [5.41, 5.74) is 6.92. The second-order valence-corrected chi connectivity index (χ2v) is 4.60. The maximum Gasteiger partial charge on any atom is 0.170 e. The number of aromatic amines is 1. The van der Waals surface area contributed by atoms with E-state index in [1.54, 1.807) is 18.6 Å². The molecule has 84 valence electrons. The van der Waals surface area contributed by atoms with Crippen molar-refractivity contribution in [3.05, 3.63) is 43.0 Å². The number of hydrogen-bond acceptors (Lipinski definition) is 4. The molecule has 0 radical (unpaired) electrons. The van der Waals surface area contributed by atoms with Crippen LogP contribution in [0.5, 0.6) is 0 Å². The van der Waals surface area contributed by atoms with E-state index in [-0.39, 0.29) is 0 Å². The number of benzene rings is 1. The number of nitrogens with two attached hydrogens (primary N) is 1. The van der Waals surface area contributed by atoms with E-state index in [0.717, 1.165) is 26.5 Å². The van der Waals surface area contributed by atoms with Gasteiger partial charge in [-0.25, -0.2) is 4.98 Å². The summed E-state index contributed by atoms with van der Waals surface area (Å²) < 4.78 is 0. The van der Waals surface area contributed by atoms with Gasteiger partial charge >= 0.3 is 0 Å². The minimum Gasteiger partial charge on any atom is -0.397 e. The monoisotopic (exact) mass is 242 g/mol. The zero-order valence-corrected chi connectivity index (χ0v) is 9.74. The SMILES string of the molecule is Nc1c(Sc2ncc[nH]2)ccc2cnccc12. The largest absolute Gasteiger partial charge is 0.397 e. The van der Waals surface area contributed by atoms with Crippen molar-refractivity contribution in [2.24, 2.45) is 0 Å². The van der Waals surface area contributed by atoms with Crippen LogP contribution in [0.3, 0.4) is 0 Å². The quantitative estimate of drug-likeness (QED) is 0.678. The highest BCUT2D eigenvalue weighted by Crippen LogP contribution is 2.34. The number of nitrogens with one attached hydrogen (secondary N) is 1. The molecule has 0 aliphatic rings. The zero-order valence-electron chi connectivity index (χ0n) is 8.92. The minimum absolute atomic E-state index is 0.770. The number of H-pyrrole nitrogens is 1. The van der Waals surface area contributed by atoms with Gasteiger partial charge in [-0.15, -0.1) is 0 Å². The second kappa shape index (κ2) is 4.10. The average molecular weight is 242 g/mol. The Morgan fingerprint density at radius 3 is 2.94 bits per heavy atom. The van der Waals surface area contributed by atoms with Gasteiger partial charge in [-0.2, -0.15) is 0 Å².